The van der Waals surface area contributed by atoms with E-state index in [0.29, 0.717) is 0 Å². The van der Waals surface area contributed by atoms with Crippen molar-refractivity contribution >= 4 is 61.1 Å². The van der Waals surface area contributed by atoms with E-state index < -0.39 is 5.97 Å². The van der Waals surface area contributed by atoms with Crippen LogP contribution < -0.4 is 0 Å². The van der Waals surface area contributed by atoms with Crippen LogP contribution in [-0.2, 0) is 9.59 Å². The predicted molar refractivity (Wildman–Crippen MR) is 19.5 cm³/mol. The number of carboxylic acid groups (broad SMARTS) is 1. The molecule has 0 heterocycles. The smallest absolute Gasteiger partial charge is 0.368 e. The van der Waals surface area contributed by atoms with E-state index in [1.54, 1.807) is 0 Å². The molecule has 0 fully saturated rings. The van der Waals surface area contributed by atoms with Crippen LogP contribution in [0.1, 0.15) is 0 Å². The number of aliphatic carboxylic acids is 1. The van der Waals surface area contributed by atoms with Crippen molar-refractivity contribution in [3.8, 4) is 0 Å². The second-order valence-corrected chi connectivity index (χ2v) is 0.456. The van der Waals surface area contributed by atoms with Crippen molar-refractivity contribution < 1.29 is 14.7 Å². The van der Waals surface area contributed by atoms with Crippen molar-refractivity contribution in [1.82, 2.24) is 0 Å². The van der Waals surface area contributed by atoms with Crippen LogP contribution in [0.25, 0.3) is 0 Å². The van der Waals surface area contributed by atoms with Crippen LogP contribution in [0.3, 0.4) is 0 Å². The summed E-state index contributed by atoms with van der Waals surface area (Å²) < 4.78 is 0. The summed E-state index contributed by atoms with van der Waals surface area (Å²) in [6.45, 7) is 0. The topological polar surface area (TPSA) is 54.4 Å². The zero-order valence-corrected chi connectivity index (χ0v) is 7.49. The second kappa shape index (κ2) is 5.71. The molecule has 0 amide bonds. The molecule has 0 aromatic rings. The van der Waals surface area contributed by atoms with Crippen LogP contribution >= 0.6 is 0 Å². The molecule has 3 nitrogen and oxygen atoms in total. The van der Waals surface area contributed by atoms with Crippen molar-refractivity contribution in [2.45, 2.75) is 0 Å². The number of rotatable bonds is 1. The standard InChI is InChI=1S/C2H2O3.Ba/c3-1-2(4)5;/h1H,(H,4,5);. The molecule has 1 N–H and O–H groups in total. The van der Waals surface area contributed by atoms with E-state index in [4.69, 9.17) is 14.7 Å². The van der Waals surface area contributed by atoms with E-state index in [1.165, 1.54) is 0 Å². The van der Waals surface area contributed by atoms with Gasteiger partial charge in [-0.05, 0) is 0 Å². The van der Waals surface area contributed by atoms with E-state index in [2.05, 4.69) is 0 Å². The van der Waals surface area contributed by atoms with Gasteiger partial charge < -0.3 is 5.11 Å². The molecule has 0 aliphatic carbocycles. The first-order valence-corrected chi connectivity index (χ1v) is 0.952. The fourth-order valence-corrected chi connectivity index (χ4v) is 0. The van der Waals surface area contributed by atoms with Crippen molar-refractivity contribution in [3.63, 3.8) is 0 Å². The van der Waals surface area contributed by atoms with Crippen molar-refractivity contribution in [2.24, 2.45) is 0 Å². The van der Waals surface area contributed by atoms with Crippen LogP contribution in [0.15, 0.2) is 0 Å². The van der Waals surface area contributed by atoms with Gasteiger partial charge in [-0.25, -0.2) is 4.79 Å². The average Bonchev–Trinajstić information content (AvgIpc) is 1.38. The first kappa shape index (κ1) is 9.86. The molecule has 0 spiro atoms. The molecule has 0 saturated carbocycles. The molecule has 0 atom stereocenters. The third-order valence-electron chi connectivity index (χ3n) is 0.101. The summed E-state index contributed by atoms with van der Waals surface area (Å²) in [5, 5.41) is 7.35. The average molecular weight is 211 g/mol. The fraction of sp³-hybridized carbons (Fsp3) is 0. The van der Waals surface area contributed by atoms with Gasteiger partial charge >= 0.3 is 5.97 Å². The molecule has 2 radical (unpaired) electrons. The minimum absolute atomic E-state index is 0. The zero-order valence-electron chi connectivity index (χ0n) is 3.05. The number of hydrogen-bond acceptors (Lipinski definition) is 2. The molecular weight excluding hydrogens is 209 g/mol. The molecule has 0 aromatic heterocycles. The van der Waals surface area contributed by atoms with Gasteiger partial charge in [-0.15, -0.1) is 0 Å². The number of hydrogen-bond donors (Lipinski definition) is 1. The Balaban J connectivity index is 0. The largest absolute Gasteiger partial charge is 0.476 e. The van der Waals surface area contributed by atoms with Crippen molar-refractivity contribution in [1.29, 1.82) is 0 Å². The van der Waals surface area contributed by atoms with Crippen LogP contribution in [0, 0.1) is 0 Å². The Morgan fingerprint density at radius 2 is 1.83 bits per heavy atom. The van der Waals surface area contributed by atoms with Crippen molar-refractivity contribution in [3.05, 3.63) is 0 Å². The van der Waals surface area contributed by atoms with E-state index in [9.17, 15) is 0 Å². The van der Waals surface area contributed by atoms with Gasteiger partial charge in [0.15, 0.2) is 0 Å². The molecular formula is C2H2BaO3. The number of carbonyl (C=O) groups excluding carboxylic acids is 1. The van der Waals surface area contributed by atoms with E-state index in [0.717, 1.165) is 0 Å². The molecule has 30 valence electrons. The summed E-state index contributed by atoms with van der Waals surface area (Å²) in [7, 11) is 0. The minimum Gasteiger partial charge on any atom is -0.476 e. The first-order chi connectivity index (χ1) is 2.27. The SMILES string of the molecule is O=CC(=O)O.[Ba]. The Hall–Kier alpha value is 0.711. The quantitative estimate of drug-likeness (QED) is 0.340. The Morgan fingerprint density at radius 3 is 1.83 bits per heavy atom. The molecule has 0 bridgehead atoms. The van der Waals surface area contributed by atoms with Gasteiger partial charge in [-0.3, -0.25) is 4.79 Å². The van der Waals surface area contributed by atoms with Crippen LogP contribution in [-0.4, -0.2) is 66.2 Å². The van der Waals surface area contributed by atoms with Gasteiger partial charge in [0.25, 0.3) is 0 Å². The van der Waals surface area contributed by atoms with Gasteiger partial charge in [0.2, 0.25) is 6.29 Å². The van der Waals surface area contributed by atoms with E-state index in [1.807, 2.05) is 0 Å². The molecule has 6 heavy (non-hydrogen) atoms. The number of aldehydes is 1. The molecule has 0 saturated heterocycles. The second-order valence-electron chi connectivity index (χ2n) is 0.456. The maximum Gasteiger partial charge on any atom is 0.368 e. The predicted octanol–water partition coefficient (Wildman–Crippen LogP) is -1.11. The molecule has 0 unspecified atom stereocenters. The summed E-state index contributed by atoms with van der Waals surface area (Å²) in [5.41, 5.74) is 0. The molecule has 0 aliphatic rings. The third kappa shape index (κ3) is 8.83. The van der Waals surface area contributed by atoms with Gasteiger partial charge in [0.1, 0.15) is 0 Å². The van der Waals surface area contributed by atoms with Crippen LogP contribution in [0.4, 0.5) is 0 Å². The summed E-state index contributed by atoms with van der Waals surface area (Å²) >= 11 is 0. The normalized spacial score (nSPS) is 5.33. The summed E-state index contributed by atoms with van der Waals surface area (Å²) in [4.78, 5) is 17.9. The Bertz CT molecular complexity index is 59.8. The zero-order chi connectivity index (χ0) is 4.28. The third-order valence-corrected chi connectivity index (χ3v) is 0.101. The summed E-state index contributed by atoms with van der Waals surface area (Å²) in [6.07, 6.45) is -0.167. The maximum atomic E-state index is 9.00. The summed E-state index contributed by atoms with van der Waals surface area (Å²) in [6, 6.07) is 0. The molecule has 0 aromatic carbocycles. The number of carboxylic acids is 1. The van der Waals surface area contributed by atoms with Crippen LogP contribution in [0.5, 0.6) is 0 Å². The van der Waals surface area contributed by atoms with E-state index in [-0.39, 0.29) is 55.2 Å². The van der Waals surface area contributed by atoms with Crippen molar-refractivity contribution in [2.75, 3.05) is 0 Å². The Morgan fingerprint density at radius 1 is 1.67 bits per heavy atom. The minimum atomic E-state index is -1.43. The maximum absolute atomic E-state index is 9.00. The fourth-order valence-electron chi connectivity index (χ4n) is 0. The van der Waals surface area contributed by atoms with Gasteiger partial charge in [0, 0.05) is 48.9 Å². The Labute approximate surface area is 74.8 Å². The molecule has 0 aliphatic heterocycles. The van der Waals surface area contributed by atoms with Gasteiger partial charge in [-0.1, -0.05) is 0 Å². The molecule has 0 rings (SSSR count). The monoisotopic (exact) mass is 212 g/mol. The number of carbonyl (C=O) groups is 2. The van der Waals surface area contributed by atoms with Crippen LogP contribution in [0.2, 0.25) is 0 Å². The van der Waals surface area contributed by atoms with Gasteiger partial charge in [-0.2, -0.15) is 0 Å². The Kier molecular flexibility index (Phi) is 9.39. The molecule has 4 heteroatoms. The summed E-state index contributed by atoms with van der Waals surface area (Å²) in [5.74, 6) is -1.43. The van der Waals surface area contributed by atoms with E-state index >= 15 is 0 Å². The van der Waals surface area contributed by atoms with Gasteiger partial charge in [0.05, 0.1) is 0 Å². The first-order valence-electron chi connectivity index (χ1n) is 0.952.